The van der Waals surface area contributed by atoms with Gasteiger partial charge in [0.25, 0.3) is 0 Å². The minimum Gasteiger partial charge on any atom is -0.373 e. The van der Waals surface area contributed by atoms with E-state index in [1.54, 1.807) is 0 Å². The van der Waals surface area contributed by atoms with Crippen LogP contribution in [0.3, 0.4) is 0 Å². The van der Waals surface area contributed by atoms with Crippen LogP contribution in [0.5, 0.6) is 0 Å². The largest absolute Gasteiger partial charge is 0.373 e. The van der Waals surface area contributed by atoms with Gasteiger partial charge in [0.15, 0.2) is 0 Å². The Bertz CT molecular complexity index is 463. The Labute approximate surface area is 113 Å². The van der Waals surface area contributed by atoms with Gasteiger partial charge in [-0.15, -0.1) is 0 Å². The lowest BCUT2D eigenvalue weighted by molar-refractivity contribution is -0.126. The summed E-state index contributed by atoms with van der Waals surface area (Å²) in [5.74, 6) is -0.0157. The molecule has 2 aliphatic heterocycles. The minimum absolute atomic E-state index is 0.0157. The first kappa shape index (κ1) is 11.7. The van der Waals surface area contributed by atoms with Crippen molar-refractivity contribution in [1.29, 1.82) is 5.26 Å². The van der Waals surface area contributed by atoms with E-state index in [1.807, 2.05) is 0 Å². The van der Waals surface area contributed by atoms with E-state index in [0.29, 0.717) is 6.10 Å². The summed E-state index contributed by atoms with van der Waals surface area (Å²) in [7, 11) is 0. The van der Waals surface area contributed by atoms with Crippen molar-refractivity contribution in [3.63, 3.8) is 0 Å². The number of ether oxygens (including phenoxy) is 1. The van der Waals surface area contributed by atoms with Gasteiger partial charge >= 0.3 is 0 Å². The molecular weight excluding hydrogens is 240 g/mol. The van der Waals surface area contributed by atoms with Crippen molar-refractivity contribution in [2.24, 2.45) is 10.8 Å². The molecule has 4 fully saturated rings. The molecule has 0 aromatic rings. The molecule has 0 unspecified atom stereocenters. The lowest BCUT2D eigenvalue weighted by Crippen LogP contribution is -2.45. The van der Waals surface area contributed by atoms with Crippen molar-refractivity contribution in [2.45, 2.75) is 69.6 Å². The number of hydrogen-bond donors (Lipinski definition) is 1. The molecule has 4 aliphatic rings. The molecule has 1 N–H and O–H groups in total. The van der Waals surface area contributed by atoms with Gasteiger partial charge in [-0.25, -0.2) is 0 Å². The van der Waals surface area contributed by atoms with Gasteiger partial charge in [-0.1, -0.05) is 12.8 Å². The Morgan fingerprint density at radius 2 is 2.11 bits per heavy atom. The van der Waals surface area contributed by atoms with Crippen LogP contribution in [0.15, 0.2) is 0 Å². The summed E-state index contributed by atoms with van der Waals surface area (Å²) in [6.45, 7) is 0. The average Bonchev–Trinajstić information content (AvgIpc) is 2.87. The normalized spacial score (nSPS) is 45.3. The summed E-state index contributed by atoms with van der Waals surface area (Å²) in [4.78, 5) is 12.6. The molecule has 0 radical (unpaired) electrons. The second kappa shape index (κ2) is 3.73. The van der Waals surface area contributed by atoms with Crippen molar-refractivity contribution in [2.75, 3.05) is 0 Å². The zero-order valence-corrected chi connectivity index (χ0v) is 11.2. The molecule has 2 bridgehead atoms. The molecule has 2 heterocycles. The molecule has 4 rings (SSSR count). The van der Waals surface area contributed by atoms with Crippen LogP contribution in [-0.4, -0.2) is 24.2 Å². The second-order valence-corrected chi connectivity index (χ2v) is 6.87. The van der Waals surface area contributed by atoms with Crippen molar-refractivity contribution < 1.29 is 9.53 Å². The Hall–Kier alpha value is -1.08. The van der Waals surface area contributed by atoms with E-state index in [0.717, 1.165) is 38.5 Å². The number of amides is 1. The van der Waals surface area contributed by atoms with Crippen LogP contribution in [0, 0.1) is 22.2 Å². The van der Waals surface area contributed by atoms with Crippen molar-refractivity contribution in [3.05, 3.63) is 0 Å². The Morgan fingerprint density at radius 1 is 1.32 bits per heavy atom. The van der Waals surface area contributed by atoms with Crippen LogP contribution >= 0.6 is 0 Å². The minimum atomic E-state index is -0.717. The highest BCUT2D eigenvalue weighted by Crippen LogP contribution is 2.71. The predicted molar refractivity (Wildman–Crippen MR) is 68.0 cm³/mol. The van der Waals surface area contributed by atoms with E-state index in [9.17, 15) is 10.1 Å². The monoisotopic (exact) mass is 260 g/mol. The summed E-state index contributed by atoms with van der Waals surface area (Å²) in [5, 5.41) is 12.6. The number of fused-ring (bicyclic) bond motifs is 2. The molecule has 4 nitrogen and oxygen atoms in total. The first-order chi connectivity index (χ1) is 9.19. The number of carbonyl (C=O) groups is 1. The number of carbonyl (C=O) groups excluding carboxylic acids is 1. The number of nitrogens with zero attached hydrogens (tertiary/aromatic N) is 1. The van der Waals surface area contributed by atoms with Crippen LogP contribution < -0.4 is 5.32 Å². The van der Waals surface area contributed by atoms with E-state index in [1.165, 1.54) is 12.8 Å². The van der Waals surface area contributed by atoms with E-state index in [-0.39, 0.29) is 23.5 Å². The summed E-state index contributed by atoms with van der Waals surface area (Å²) in [6.07, 6.45) is 8.90. The molecule has 2 saturated carbocycles. The molecule has 2 saturated heterocycles. The molecule has 0 aromatic heterocycles. The molecule has 4 heteroatoms. The van der Waals surface area contributed by atoms with Gasteiger partial charge in [0.1, 0.15) is 5.41 Å². The fourth-order valence-corrected chi connectivity index (χ4v) is 4.73. The number of rotatable bonds is 2. The van der Waals surface area contributed by atoms with E-state index in [4.69, 9.17) is 4.74 Å². The Kier molecular flexibility index (Phi) is 2.30. The van der Waals surface area contributed by atoms with Gasteiger partial charge in [-0.05, 0) is 38.5 Å². The standard InChI is InChI=1S/C15H20N2O2/c16-9-15(8-14(15)5-1-2-6-14)13(18)17-11-7-10-3-4-12(11)19-10/h10-12H,1-8H2,(H,17,18)/t10-,11+,12-,15-/m1/s1. The molecule has 2 aliphatic carbocycles. The zero-order valence-electron chi connectivity index (χ0n) is 11.2. The molecule has 19 heavy (non-hydrogen) atoms. The summed E-state index contributed by atoms with van der Waals surface area (Å²) in [6, 6.07) is 2.50. The maximum Gasteiger partial charge on any atom is 0.241 e. The highest BCUT2D eigenvalue weighted by molar-refractivity contribution is 5.90. The second-order valence-electron chi connectivity index (χ2n) is 6.87. The fourth-order valence-electron chi connectivity index (χ4n) is 4.73. The van der Waals surface area contributed by atoms with Crippen LogP contribution in [0.25, 0.3) is 0 Å². The van der Waals surface area contributed by atoms with Gasteiger partial charge in [0.05, 0.1) is 24.3 Å². The summed E-state index contributed by atoms with van der Waals surface area (Å²) >= 11 is 0. The summed E-state index contributed by atoms with van der Waals surface area (Å²) < 4.78 is 5.77. The molecule has 1 amide bonds. The lowest BCUT2D eigenvalue weighted by Gasteiger charge is -2.23. The third-order valence-corrected chi connectivity index (χ3v) is 5.95. The number of nitrogens with one attached hydrogen (secondary N) is 1. The van der Waals surface area contributed by atoms with E-state index >= 15 is 0 Å². The van der Waals surface area contributed by atoms with Crippen molar-refractivity contribution >= 4 is 5.91 Å². The van der Waals surface area contributed by atoms with Gasteiger partial charge in [-0.2, -0.15) is 5.26 Å². The van der Waals surface area contributed by atoms with Gasteiger partial charge in [0.2, 0.25) is 5.91 Å². The Balaban J connectivity index is 1.47. The average molecular weight is 260 g/mol. The topological polar surface area (TPSA) is 62.1 Å². The van der Waals surface area contributed by atoms with E-state index < -0.39 is 5.41 Å². The predicted octanol–water partition coefficient (Wildman–Crippen LogP) is 1.90. The first-order valence-corrected chi connectivity index (χ1v) is 7.57. The lowest BCUT2D eigenvalue weighted by atomic mass is 9.90. The van der Waals surface area contributed by atoms with Gasteiger partial charge in [-0.3, -0.25) is 4.79 Å². The fraction of sp³-hybridized carbons (Fsp3) is 0.867. The van der Waals surface area contributed by atoms with Crippen LogP contribution in [-0.2, 0) is 9.53 Å². The maximum absolute atomic E-state index is 12.6. The SMILES string of the molecule is N#C[C@@]1(C(=O)N[C@H]2C[C@H]3CC[C@H]2O3)CC12CCCC2. The molecular formula is C15H20N2O2. The van der Waals surface area contributed by atoms with Gasteiger partial charge < -0.3 is 10.1 Å². The third-order valence-electron chi connectivity index (χ3n) is 5.95. The van der Waals surface area contributed by atoms with Crippen LogP contribution in [0.2, 0.25) is 0 Å². The number of hydrogen-bond acceptors (Lipinski definition) is 3. The third kappa shape index (κ3) is 1.45. The molecule has 102 valence electrons. The first-order valence-electron chi connectivity index (χ1n) is 7.57. The van der Waals surface area contributed by atoms with Crippen molar-refractivity contribution in [1.82, 2.24) is 5.32 Å². The molecule has 4 atom stereocenters. The Morgan fingerprint density at radius 3 is 2.68 bits per heavy atom. The molecule has 0 aromatic carbocycles. The maximum atomic E-state index is 12.6. The smallest absolute Gasteiger partial charge is 0.241 e. The summed E-state index contributed by atoms with van der Waals surface area (Å²) in [5.41, 5.74) is -0.699. The van der Waals surface area contributed by atoms with E-state index in [2.05, 4.69) is 11.4 Å². The highest BCUT2D eigenvalue weighted by Gasteiger charge is 2.73. The molecule has 1 spiro atoms. The quantitative estimate of drug-likeness (QED) is 0.824. The van der Waals surface area contributed by atoms with Crippen LogP contribution in [0.1, 0.15) is 51.4 Å². The zero-order chi connectivity index (χ0) is 13.1. The van der Waals surface area contributed by atoms with Crippen LogP contribution in [0.4, 0.5) is 0 Å². The van der Waals surface area contributed by atoms with Crippen molar-refractivity contribution in [3.8, 4) is 6.07 Å². The highest BCUT2D eigenvalue weighted by atomic mass is 16.5. The number of nitriles is 1. The van der Waals surface area contributed by atoms with Gasteiger partial charge in [0, 0.05) is 5.41 Å².